The lowest BCUT2D eigenvalue weighted by molar-refractivity contribution is -0.121. The minimum absolute atomic E-state index is 0.131. The molecule has 0 aliphatic heterocycles. The number of nitrogens with zero attached hydrogens (tertiary/aromatic N) is 2. The lowest BCUT2D eigenvalue weighted by Crippen LogP contribution is -2.25. The maximum absolute atomic E-state index is 12.2. The van der Waals surface area contributed by atoms with E-state index < -0.39 is 0 Å². The second-order valence-electron chi connectivity index (χ2n) is 9.18. The number of rotatable bonds is 14. The number of carbonyl (C=O) groups excluding carboxylic acids is 1. The lowest BCUT2D eigenvalue weighted by atomic mass is 10.0. The quantitative estimate of drug-likeness (QED) is 0.194. The first-order valence-electron chi connectivity index (χ1n) is 12.8. The van der Waals surface area contributed by atoms with Crippen molar-refractivity contribution in [3.63, 3.8) is 0 Å². The maximum atomic E-state index is 12.2. The van der Waals surface area contributed by atoms with Crippen molar-refractivity contribution in [3.8, 4) is 34.0 Å². The van der Waals surface area contributed by atoms with Crippen molar-refractivity contribution in [1.82, 2.24) is 14.9 Å². The predicted molar refractivity (Wildman–Crippen MR) is 149 cm³/mol. The first-order valence-corrected chi connectivity index (χ1v) is 13.7. The summed E-state index contributed by atoms with van der Waals surface area (Å²) in [5.74, 6) is 3.21. The molecular weight excluding hydrogens is 470 g/mol. The van der Waals surface area contributed by atoms with E-state index in [0.29, 0.717) is 12.3 Å². The van der Waals surface area contributed by atoms with Crippen LogP contribution < -0.4 is 14.8 Å². The van der Waals surface area contributed by atoms with Gasteiger partial charge in [0.15, 0.2) is 5.16 Å². The molecule has 1 aromatic heterocycles. The summed E-state index contributed by atoms with van der Waals surface area (Å²) < 4.78 is 13.0. The van der Waals surface area contributed by atoms with E-state index in [4.69, 9.17) is 14.5 Å². The Morgan fingerprint density at radius 1 is 1.00 bits per heavy atom. The monoisotopic (exact) mass is 509 g/mol. The van der Waals surface area contributed by atoms with Gasteiger partial charge in [0, 0.05) is 36.4 Å². The van der Waals surface area contributed by atoms with E-state index in [1.54, 1.807) is 26.0 Å². The van der Waals surface area contributed by atoms with Crippen molar-refractivity contribution < 1.29 is 14.3 Å². The summed E-state index contributed by atoms with van der Waals surface area (Å²) in [4.78, 5) is 17.3. The molecule has 0 aliphatic rings. The third-order valence-electron chi connectivity index (χ3n) is 5.93. The van der Waals surface area contributed by atoms with Crippen LogP contribution in [0, 0.1) is 5.92 Å². The van der Waals surface area contributed by atoms with Crippen molar-refractivity contribution in [2.45, 2.75) is 58.2 Å². The van der Waals surface area contributed by atoms with Crippen LogP contribution in [-0.2, 0) is 11.3 Å². The normalized spacial score (nSPS) is 11.1. The molecule has 0 saturated heterocycles. The fraction of sp³-hybridized carbons (Fsp3) is 0.448. The lowest BCUT2D eigenvalue weighted by Gasteiger charge is -2.13. The van der Waals surface area contributed by atoms with Gasteiger partial charge in [0.1, 0.15) is 11.5 Å². The van der Waals surface area contributed by atoms with E-state index in [-0.39, 0.29) is 5.91 Å². The van der Waals surface area contributed by atoms with E-state index in [0.717, 1.165) is 77.3 Å². The van der Waals surface area contributed by atoms with Crippen LogP contribution in [0.15, 0.2) is 53.7 Å². The molecule has 194 valence electrons. The summed E-state index contributed by atoms with van der Waals surface area (Å²) in [6, 6.07) is 16.2. The molecule has 0 radical (unpaired) electrons. The highest BCUT2D eigenvalue weighted by atomic mass is 32.2. The Kier molecular flexibility index (Phi) is 10.7. The van der Waals surface area contributed by atoms with E-state index >= 15 is 0 Å². The number of carbonyl (C=O) groups is 1. The SMILES string of the molecule is CCCn1c(SCCCC(=O)NCCC(C)C)nc(-c2ccc(OC)cc2)c1-c1ccc(OC)cc1. The molecule has 0 fully saturated rings. The van der Waals surface area contributed by atoms with Crippen molar-refractivity contribution in [1.29, 1.82) is 0 Å². The highest BCUT2D eigenvalue weighted by Crippen LogP contribution is 2.37. The Morgan fingerprint density at radius 2 is 1.61 bits per heavy atom. The zero-order chi connectivity index (χ0) is 25.9. The molecule has 1 amide bonds. The van der Waals surface area contributed by atoms with E-state index in [1.165, 1.54) is 0 Å². The van der Waals surface area contributed by atoms with Crippen LogP contribution in [0.3, 0.4) is 0 Å². The van der Waals surface area contributed by atoms with Gasteiger partial charge in [-0.1, -0.05) is 32.5 Å². The van der Waals surface area contributed by atoms with Gasteiger partial charge < -0.3 is 19.4 Å². The van der Waals surface area contributed by atoms with Crippen LogP contribution in [0.25, 0.3) is 22.5 Å². The van der Waals surface area contributed by atoms with Gasteiger partial charge in [-0.15, -0.1) is 0 Å². The number of ether oxygens (including phenoxy) is 2. The molecule has 0 bridgehead atoms. The van der Waals surface area contributed by atoms with Gasteiger partial charge in [0.2, 0.25) is 5.91 Å². The number of nitrogens with one attached hydrogen (secondary N) is 1. The molecule has 6 nitrogen and oxygen atoms in total. The molecule has 0 unspecified atom stereocenters. The van der Waals surface area contributed by atoms with Crippen LogP contribution in [0.1, 0.15) is 46.5 Å². The fourth-order valence-electron chi connectivity index (χ4n) is 3.95. The molecule has 1 N–H and O–H groups in total. The average Bonchev–Trinajstić information content (AvgIpc) is 3.24. The highest BCUT2D eigenvalue weighted by Gasteiger charge is 2.20. The maximum Gasteiger partial charge on any atom is 0.220 e. The fourth-order valence-corrected chi connectivity index (χ4v) is 4.92. The third-order valence-corrected chi connectivity index (χ3v) is 6.99. The second kappa shape index (κ2) is 14.0. The van der Waals surface area contributed by atoms with Crippen LogP contribution in [0.2, 0.25) is 0 Å². The van der Waals surface area contributed by atoms with Gasteiger partial charge >= 0.3 is 0 Å². The minimum Gasteiger partial charge on any atom is -0.497 e. The standard InChI is InChI=1S/C29H39N3O3S/c1-6-19-32-28(23-11-15-25(35-5)16-12-23)27(22-9-13-24(34-4)14-10-22)31-29(32)36-20-7-8-26(33)30-18-17-21(2)3/h9-16,21H,6-8,17-20H2,1-5H3,(H,30,33). The number of methoxy groups -OCH3 is 2. The number of thioether (sulfide) groups is 1. The molecule has 0 aliphatic carbocycles. The largest absolute Gasteiger partial charge is 0.497 e. The average molecular weight is 510 g/mol. The number of hydrogen-bond donors (Lipinski definition) is 1. The molecular formula is C29H39N3O3S. The molecule has 0 saturated carbocycles. The van der Waals surface area contributed by atoms with Crippen LogP contribution >= 0.6 is 11.8 Å². The Hall–Kier alpha value is -2.93. The van der Waals surface area contributed by atoms with Gasteiger partial charge in [0.25, 0.3) is 0 Å². The van der Waals surface area contributed by atoms with E-state index in [9.17, 15) is 4.79 Å². The number of benzene rings is 2. The summed E-state index contributed by atoms with van der Waals surface area (Å²) in [5.41, 5.74) is 4.19. The topological polar surface area (TPSA) is 65.4 Å². The predicted octanol–water partition coefficient (Wildman–Crippen LogP) is 6.68. The van der Waals surface area contributed by atoms with Crippen LogP contribution in [0.5, 0.6) is 11.5 Å². The van der Waals surface area contributed by atoms with Gasteiger partial charge in [0.05, 0.1) is 25.6 Å². The Labute approximate surface area is 219 Å². The number of imidazole rings is 1. The van der Waals surface area contributed by atoms with Crippen molar-refractivity contribution in [2.24, 2.45) is 5.92 Å². The number of hydrogen-bond acceptors (Lipinski definition) is 5. The van der Waals surface area contributed by atoms with E-state index in [1.807, 2.05) is 24.3 Å². The zero-order valence-electron chi connectivity index (χ0n) is 22.2. The molecule has 1 heterocycles. The van der Waals surface area contributed by atoms with Gasteiger partial charge in [-0.05, 0) is 73.7 Å². The first kappa shape index (κ1) is 27.7. The molecule has 2 aromatic carbocycles. The first-order chi connectivity index (χ1) is 17.5. The number of aromatic nitrogens is 2. The molecule has 7 heteroatoms. The highest BCUT2D eigenvalue weighted by molar-refractivity contribution is 7.99. The second-order valence-corrected chi connectivity index (χ2v) is 10.2. The van der Waals surface area contributed by atoms with Gasteiger partial charge in [-0.2, -0.15) is 0 Å². The van der Waals surface area contributed by atoms with Gasteiger partial charge in [-0.25, -0.2) is 4.98 Å². The molecule has 36 heavy (non-hydrogen) atoms. The molecule has 0 spiro atoms. The van der Waals surface area contributed by atoms with E-state index in [2.05, 4.69) is 54.9 Å². The van der Waals surface area contributed by atoms with Crippen LogP contribution in [-0.4, -0.2) is 42.0 Å². The number of amides is 1. The Morgan fingerprint density at radius 3 is 2.17 bits per heavy atom. The Bertz CT molecular complexity index is 1090. The zero-order valence-corrected chi connectivity index (χ0v) is 23.0. The summed E-state index contributed by atoms with van der Waals surface area (Å²) >= 11 is 1.72. The summed E-state index contributed by atoms with van der Waals surface area (Å²) in [5, 5.41) is 4.01. The van der Waals surface area contributed by atoms with Crippen molar-refractivity contribution >= 4 is 17.7 Å². The summed E-state index contributed by atoms with van der Waals surface area (Å²) in [6.45, 7) is 8.13. The third kappa shape index (κ3) is 7.53. The minimum atomic E-state index is 0.131. The van der Waals surface area contributed by atoms with Crippen molar-refractivity contribution in [3.05, 3.63) is 48.5 Å². The van der Waals surface area contributed by atoms with Gasteiger partial charge in [-0.3, -0.25) is 4.79 Å². The summed E-state index contributed by atoms with van der Waals surface area (Å²) in [6.07, 6.45) is 3.35. The molecule has 3 rings (SSSR count). The van der Waals surface area contributed by atoms with Crippen LogP contribution in [0.4, 0.5) is 0 Å². The molecule has 0 atom stereocenters. The smallest absolute Gasteiger partial charge is 0.220 e. The summed E-state index contributed by atoms with van der Waals surface area (Å²) in [7, 11) is 3.35. The molecule has 3 aromatic rings. The van der Waals surface area contributed by atoms with Crippen molar-refractivity contribution in [2.75, 3.05) is 26.5 Å². The Balaban J connectivity index is 1.84.